The number of carbonyl (C=O) groups is 1. The Hall–Kier alpha value is -1.75. The number of amides is 1. The second kappa shape index (κ2) is 6.86. The highest BCUT2D eigenvalue weighted by molar-refractivity contribution is 5.95. The van der Waals surface area contributed by atoms with Gasteiger partial charge < -0.3 is 20.5 Å². The molecule has 5 heteroatoms. The number of nitrogen functional groups attached to an aromatic ring is 1. The maximum Gasteiger partial charge on any atom is 0.251 e. The summed E-state index contributed by atoms with van der Waals surface area (Å²) in [7, 11) is 1.54. The van der Waals surface area contributed by atoms with E-state index in [4.69, 9.17) is 15.2 Å². The fraction of sp³-hybridized carbons (Fsp3) is 0.462. The molecule has 0 bridgehead atoms. The summed E-state index contributed by atoms with van der Waals surface area (Å²) < 4.78 is 10.3. The van der Waals surface area contributed by atoms with E-state index >= 15 is 0 Å². The summed E-state index contributed by atoms with van der Waals surface area (Å²) in [6.45, 7) is 4.93. The number of hydrogen-bond donors (Lipinski definition) is 2. The third kappa shape index (κ3) is 3.92. The number of nitrogens with two attached hydrogens (primary N) is 1. The third-order valence-electron chi connectivity index (χ3n) is 2.44. The van der Waals surface area contributed by atoms with Crippen LogP contribution in [0.5, 0.6) is 5.75 Å². The Labute approximate surface area is 107 Å². The van der Waals surface area contributed by atoms with Gasteiger partial charge in [0.1, 0.15) is 5.75 Å². The van der Waals surface area contributed by atoms with Crippen molar-refractivity contribution in [1.29, 1.82) is 0 Å². The monoisotopic (exact) mass is 252 g/mol. The summed E-state index contributed by atoms with van der Waals surface area (Å²) in [5, 5.41) is 2.84. The van der Waals surface area contributed by atoms with E-state index in [0.29, 0.717) is 30.2 Å². The van der Waals surface area contributed by atoms with E-state index in [0.717, 1.165) is 0 Å². The lowest BCUT2D eigenvalue weighted by Crippen LogP contribution is -2.35. The van der Waals surface area contributed by atoms with E-state index in [1.54, 1.807) is 18.2 Å². The van der Waals surface area contributed by atoms with E-state index in [1.807, 2.05) is 13.8 Å². The fourth-order valence-electron chi connectivity index (χ4n) is 1.52. The molecule has 0 heterocycles. The van der Waals surface area contributed by atoms with Crippen LogP contribution in [0.3, 0.4) is 0 Å². The average molecular weight is 252 g/mol. The van der Waals surface area contributed by atoms with Gasteiger partial charge in [-0.15, -0.1) is 0 Å². The first-order chi connectivity index (χ1) is 8.58. The number of rotatable bonds is 6. The lowest BCUT2D eigenvalue weighted by molar-refractivity contribution is 0.0872. The second-order valence-corrected chi connectivity index (χ2v) is 3.99. The standard InChI is InChI=1S/C13H20N2O3/c1-4-18-8-9(2)15-13(16)10-5-6-12(17-3)11(14)7-10/h5-7,9H,4,8,14H2,1-3H3,(H,15,16). The summed E-state index contributed by atoms with van der Waals surface area (Å²) in [5.74, 6) is 0.394. The molecule has 1 rings (SSSR count). The topological polar surface area (TPSA) is 73.6 Å². The van der Waals surface area contributed by atoms with E-state index in [9.17, 15) is 4.79 Å². The lowest BCUT2D eigenvalue weighted by atomic mass is 10.1. The van der Waals surface area contributed by atoms with Crippen LogP contribution in [0.15, 0.2) is 18.2 Å². The Morgan fingerprint density at radius 2 is 2.22 bits per heavy atom. The Morgan fingerprint density at radius 1 is 1.50 bits per heavy atom. The molecule has 0 fully saturated rings. The first kappa shape index (κ1) is 14.3. The molecule has 1 amide bonds. The van der Waals surface area contributed by atoms with Crippen molar-refractivity contribution in [3.8, 4) is 5.75 Å². The van der Waals surface area contributed by atoms with Crippen molar-refractivity contribution in [2.75, 3.05) is 26.1 Å². The van der Waals surface area contributed by atoms with Crippen molar-refractivity contribution in [3.63, 3.8) is 0 Å². The zero-order valence-electron chi connectivity index (χ0n) is 11.0. The summed E-state index contributed by atoms with van der Waals surface area (Å²) in [5.41, 5.74) is 6.71. The number of benzene rings is 1. The predicted octanol–water partition coefficient (Wildman–Crippen LogP) is 1.43. The second-order valence-electron chi connectivity index (χ2n) is 3.99. The quantitative estimate of drug-likeness (QED) is 0.751. The Kier molecular flexibility index (Phi) is 5.45. The molecule has 0 aromatic heterocycles. The van der Waals surface area contributed by atoms with Gasteiger partial charge in [0.2, 0.25) is 0 Å². The van der Waals surface area contributed by atoms with Crippen LogP contribution in [0, 0.1) is 0 Å². The Balaban J connectivity index is 2.64. The van der Waals surface area contributed by atoms with E-state index < -0.39 is 0 Å². The van der Waals surface area contributed by atoms with Gasteiger partial charge in [-0.05, 0) is 32.0 Å². The normalized spacial score (nSPS) is 11.9. The van der Waals surface area contributed by atoms with Gasteiger partial charge in [0, 0.05) is 18.2 Å². The first-order valence-electron chi connectivity index (χ1n) is 5.90. The van der Waals surface area contributed by atoms with Crippen LogP contribution in [0.1, 0.15) is 24.2 Å². The molecule has 5 nitrogen and oxygen atoms in total. The van der Waals surface area contributed by atoms with Crippen molar-refractivity contribution < 1.29 is 14.3 Å². The zero-order chi connectivity index (χ0) is 13.5. The SMILES string of the molecule is CCOCC(C)NC(=O)c1ccc(OC)c(N)c1. The Bertz CT molecular complexity index is 407. The van der Waals surface area contributed by atoms with Crippen LogP contribution in [-0.2, 0) is 4.74 Å². The number of carbonyl (C=O) groups excluding carboxylic acids is 1. The van der Waals surface area contributed by atoms with Crippen LogP contribution in [0.2, 0.25) is 0 Å². The molecule has 1 aromatic rings. The van der Waals surface area contributed by atoms with Crippen LogP contribution < -0.4 is 15.8 Å². The van der Waals surface area contributed by atoms with Gasteiger partial charge >= 0.3 is 0 Å². The molecule has 0 aliphatic heterocycles. The first-order valence-corrected chi connectivity index (χ1v) is 5.90. The highest BCUT2D eigenvalue weighted by Crippen LogP contribution is 2.21. The van der Waals surface area contributed by atoms with Crippen LogP contribution in [-0.4, -0.2) is 32.3 Å². The minimum Gasteiger partial charge on any atom is -0.495 e. The highest BCUT2D eigenvalue weighted by Gasteiger charge is 2.11. The zero-order valence-corrected chi connectivity index (χ0v) is 11.0. The molecule has 0 saturated carbocycles. The Morgan fingerprint density at radius 3 is 2.78 bits per heavy atom. The summed E-state index contributed by atoms with van der Waals surface area (Å²) in [6.07, 6.45) is 0. The minimum atomic E-state index is -0.170. The van der Waals surface area contributed by atoms with E-state index in [1.165, 1.54) is 7.11 Å². The summed E-state index contributed by atoms with van der Waals surface area (Å²) in [6, 6.07) is 4.91. The molecular formula is C13H20N2O3. The van der Waals surface area contributed by atoms with Gasteiger partial charge in [0.15, 0.2) is 0 Å². The minimum absolute atomic E-state index is 0.0409. The predicted molar refractivity (Wildman–Crippen MR) is 70.8 cm³/mol. The maximum absolute atomic E-state index is 11.9. The molecule has 1 atom stereocenters. The molecule has 0 saturated heterocycles. The number of hydrogen-bond acceptors (Lipinski definition) is 4. The molecule has 0 radical (unpaired) electrons. The van der Waals surface area contributed by atoms with E-state index in [-0.39, 0.29) is 11.9 Å². The molecule has 1 unspecified atom stereocenters. The average Bonchev–Trinajstić information content (AvgIpc) is 2.36. The fourth-order valence-corrected chi connectivity index (χ4v) is 1.52. The van der Waals surface area contributed by atoms with Crippen LogP contribution in [0.4, 0.5) is 5.69 Å². The number of methoxy groups -OCH3 is 1. The molecule has 0 spiro atoms. The molecular weight excluding hydrogens is 232 g/mol. The lowest BCUT2D eigenvalue weighted by Gasteiger charge is -2.14. The molecule has 100 valence electrons. The van der Waals surface area contributed by atoms with Crippen LogP contribution in [0.25, 0.3) is 0 Å². The third-order valence-corrected chi connectivity index (χ3v) is 2.44. The molecule has 18 heavy (non-hydrogen) atoms. The summed E-state index contributed by atoms with van der Waals surface area (Å²) >= 11 is 0. The number of nitrogens with one attached hydrogen (secondary N) is 1. The smallest absolute Gasteiger partial charge is 0.251 e. The van der Waals surface area contributed by atoms with Gasteiger partial charge in [0.05, 0.1) is 19.4 Å². The molecule has 0 aliphatic carbocycles. The van der Waals surface area contributed by atoms with Crippen molar-refractivity contribution in [1.82, 2.24) is 5.32 Å². The summed E-state index contributed by atoms with van der Waals surface area (Å²) in [4.78, 5) is 11.9. The van der Waals surface area contributed by atoms with Crippen LogP contribution >= 0.6 is 0 Å². The van der Waals surface area contributed by atoms with Gasteiger partial charge in [-0.2, -0.15) is 0 Å². The molecule has 1 aromatic carbocycles. The maximum atomic E-state index is 11.9. The van der Waals surface area contributed by atoms with Gasteiger partial charge in [-0.25, -0.2) is 0 Å². The number of anilines is 1. The largest absolute Gasteiger partial charge is 0.495 e. The number of ether oxygens (including phenoxy) is 2. The van der Waals surface area contributed by atoms with Crippen molar-refractivity contribution >= 4 is 11.6 Å². The molecule has 0 aliphatic rings. The van der Waals surface area contributed by atoms with Gasteiger partial charge in [0.25, 0.3) is 5.91 Å². The van der Waals surface area contributed by atoms with E-state index in [2.05, 4.69) is 5.32 Å². The van der Waals surface area contributed by atoms with Crippen molar-refractivity contribution in [2.45, 2.75) is 19.9 Å². The van der Waals surface area contributed by atoms with Crippen molar-refractivity contribution in [2.24, 2.45) is 0 Å². The highest BCUT2D eigenvalue weighted by atomic mass is 16.5. The van der Waals surface area contributed by atoms with Crippen molar-refractivity contribution in [3.05, 3.63) is 23.8 Å². The molecule has 3 N–H and O–H groups in total. The van der Waals surface area contributed by atoms with Gasteiger partial charge in [-0.1, -0.05) is 0 Å². The van der Waals surface area contributed by atoms with Gasteiger partial charge in [-0.3, -0.25) is 4.79 Å².